The largest absolute Gasteiger partial charge is 0.379 e. The smallest absolute Gasteiger partial charge is 0.277 e. The van der Waals surface area contributed by atoms with Crippen molar-refractivity contribution in [3.63, 3.8) is 0 Å². The second-order valence-electron chi connectivity index (χ2n) is 9.51. The van der Waals surface area contributed by atoms with Gasteiger partial charge in [0.25, 0.3) is 15.9 Å². The molecular weight excluding hydrogens is 538 g/mol. The van der Waals surface area contributed by atoms with Crippen LogP contribution in [-0.2, 0) is 35.5 Å². The Morgan fingerprint density at radius 2 is 1.90 bits per heavy atom. The van der Waals surface area contributed by atoms with Crippen LogP contribution in [0.25, 0.3) is 16.5 Å². The molecule has 0 saturated carbocycles. The van der Waals surface area contributed by atoms with E-state index in [-0.39, 0.29) is 4.21 Å². The number of thiophene rings is 1. The molecule has 1 unspecified atom stereocenters. The number of ether oxygens (including phenoxy) is 2. The van der Waals surface area contributed by atoms with Crippen LogP contribution in [0.5, 0.6) is 0 Å². The van der Waals surface area contributed by atoms with Crippen molar-refractivity contribution in [1.29, 1.82) is 0 Å². The quantitative estimate of drug-likeness (QED) is 0.291. The molecule has 1 amide bonds. The SMILES string of the molecule is O=C(C=Cc1ccn(S(=O)(=O)c2ccc(-c3ccc(CCN4CCOCC4)cc3)s2)c1)NOC1CCCCO1. The zero-order chi connectivity index (χ0) is 27.1. The molecule has 2 aromatic heterocycles. The van der Waals surface area contributed by atoms with Crippen molar-refractivity contribution < 1.29 is 27.5 Å². The second-order valence-corrected chi connectivity index (χ2v) is 12.7. The summed E-state index contributed by atoms with van der Waals surface area (Å²) in [4.78, 5) is 20.6. The minimum absolute atomic E-state index is 0.249. The maximum atomic E-state index is 13.2. The van der Waals surface area contributed by atoms with Crippen molar-refractivity contribution >= 4 is 33.3 Å². The number of nitrogens with zero attached hydrogens (tertiary/aromatic N) is 2. The lowest BCUT2D eigenvalue weighted by Crippen LogP contribution is -2.37. The zero-order valence-corrected chi connectivity index (χ0v) is 23.3. The Labute approximate surface area is 233 Å². The maximum Gasteiger partial charge on any atom is 0.277 e. The van der Waals surface area contributed by atoms with Crippen LogP contribution in [0.1, 0.15) is 30.4 Å². The first-order chi connectivity index (χ1) is 19.0. The van der Waals surface area contributed by atoms with Crippen LogP contribution in [0.2, 0.25) is 0 Å². The molecule has 0 spiro atoms. The van der Waals surface area contributed by atoms with Gasteiger partial charge in [-0.3, -0.25) is 9.69 Å². The van der Waals surface area contributed by atoms with Crippen molar-refractivity contribution in [3.05, 3.63) is 72.1 Å². The molecule has 39 heavy (non-hydrogen) atoms. The van der Waals surface area contributed by atoms with E-state index >= 15 is 0 Å². The fourth-order valence-electron chi connectivity index (χ4n) is 4.44. The Morgan fingerprint density at radius 3 is 2.67 bits per heavy atom. The highest BCUT2D eigenvalue weighted by Gasteiger charge is 2.20. The molecule has 2 saturated heterocycles. The van der Waals surface area contributed by atoms with Crippen LogP contribution < -0.4 is 5.48 Å². The molecule has 2 aliphatic rings. The van der Waals surface area contributed by atoms with E-state index in [0.29, 0.717) is 12.2 Å². The Hall–Kier alpha value is -2.80. The number of benzene rings is 1. The van der Waals surface area contributed by atoms with E-state index in [1.807, 2.05) is 18.2 Å². The third-order valence-electron chi connectivity index (χ3n) is 6.72. The summed E-state index contributed by atoms with van der Waals surface area (Å²) in [7, 11) is -3.75. The van der Waals surface area contributed by atoms with Gasteiger partial charge in [0, 0.05) is 56.0 Å². The molecule has 0 bridgehead atoms. The van der Waals surface area contributed by atoms with Gasteiger partial charge in [-0.05, 0) is 60.2 Å². The van der Waals surface area contributed by atoms with Gasteiger partial charge in [-0.25, -0.2) is 14.3 Å². The number of hydrogen-bond acceptors (Lipinski definition) is 8. The third-order valence-corrected chi connectivity index (χ3v) is 9.96. The first kappa shape index (κ1) is 27.8. The highest BCUT2D eigenvalue weighted by Crippen LogP contribution is 2.32. The van der Waals surface area contributed by atoms with E-state index in [0.717, 1.165) is 69.0 Å². The summed E-state index contributed by atoms with van der Waals surface area (Å²) in [6.45, 7) is 5.17. The van der Waals surface area contributed by atoms with Crippen molar-refractivity contribution in [2.75, 3.05) is 39.5 Å². The summed E-state index contributed by atoms with van der Waals surface area (Å²) >= 11 is 1.24. The summed E-state index contributed by atoms with van der Waals surface area (Å²) in [6, 6.07) is 13.4. The lowest BCUT2D eigenvalue weighted by molar-refractivity contribution is -0.198. The molecule has 4 heterocycles. The van der Waals surface area contributed by atoms with Crippen LogP contribution in [0.3, 0.4) is 0 Å². The average molecular weight is 572 g/mol. The van der Waals surface area contributed by atoms with Gasteiger partial charge in [-0.15, -0.1) is 11.3 Å². The topological polar surface area (TPSA) is 99.1 Å². The van der Waals surface area contributed by atoms with Crippen LogP contribution in [-0.4, -0.2) is 68.9 Å². The molecule has 1 aromatic carbocycles. The minimum atomic E-state index is -3.75. The molecule has 2 fully saturated rings. The van der Waals surface area contributed by atoms with Crippen LogP contribution in [0.15, 0.2) is 65.1 Å². The lowest BCUT2D eigenvalue weighted by atomic mass is 10.1. The van der Waals surface area contributed by atoms with E-state index in [1.54, 1.807) is 12.1 Å². The molecule has 1 atom stereocenters. The number of aromatic nitrogens is 1. The molecular formula is C28H33N3O6S2. The standard InChI is InChI=1S/C28H33N3O6S2/c32-26(29-37-27-3-1-2-18-36-27)10-6-23-13-15-31(21-23)39(33,34)28-11-9-25(38-28)24-7-4-22(5-8-24)12-14-30-16-19-35-20-17-30/h4-11,13,15,21,27H,1-3,12,14,16-20H2,(H,29,32). The number of rotatable bonds is 10. The number of carbonyl (C=O) groups excluding carboxylic acids is 1. The number of carbonyl (C=O) groups is 1. The van der Waals surface area contributed by atoms with Gasteiger partial charge in [0.2, 0.25) is 0 Å². The summed E-state index contributed by atoms with van der Waals surface area (Å²) in [6.07, 6.45) is 9.03. The van der Waals surface area contributed by atoms with Gasteiger partial charge in [-0.1, -0.05) is 24.3 Å². The molecule has 5 rings (SSSR count). The summed E-state index contributed by atoms with van der Waals surface area (Å²) in [5.41, 5.74) is 5.16. The van der Waals surface area contributed by atoms with Crippen LogP contribution in [0, 0.1) is 0 Å². The predicted octanol–water partition coefficient (Wildman–Crippen LogP) is 3.92. The Balaban J connectivity index is 1.17. The monoisotopic (exact) mass is 571 g/mol. The molecule has 3 aromatic rings. The fraction of sp³-hybridized carbons (Fsp3) is 0.393. The molecule has 2 aliphatic heterocycles. The fourth-order valence-corrected chi connectivity index (χ4v) is 7.06. The number of morpholine rings is 1. The third kappa shape index (κ3) is 7.44. The van der Waals surface area contributed by atoms with Gasteiger partial charge in [0.1, 0.15) is 4.21 Å². The molecule has 9 nitrogen and oxygen atoms in total. The van der Waals surface area contributed by atoms with E-state index < -0.39 is 22.2 Å². The van der Waals surface area contributed by atoms with Gasteiger partial charge < -0.3 is 9.47 Å². The van der Waals surface area contributed by atoms with Crippen LogP contribution in [0.4, 0.5) is 0 Å². The summed E-state index contributed by atoms with van der Waals surface area (Å²) in [5, 5.41) is 0. The van der Waals surface area contributed by atoms with E-state index in [9.17, 15) is 13.2 Å². The normalized spacial score (nSPS) is 18.9. The second kappa shape index (κ2) is 13.0. The van der Waals surface area contributed by atoms with E-state index in [4.69, 9.17) is 14.3 Å². The molecule has 208 valence electrons. The maximum absolute atomic E-state index is 13.2. The number of hydroxylamine groups is 1. The van der Waals surface area contributed by atoms with Crippen molar-refractivity contribution in [2.45, 2.75) is 36.2 Å². The Bertz CT molecular complexity index is 1370. The highest BCUT2D eigenvalue weighted by molar-refractivity contribution is 7.92. The van der Waals surface area contributed by atoms with Crippen LogP contribution >= 0.6 is 11.3 Å². The number of hydrogen-bond donors (Lipinski definition) is 1. The first-order valence-corrected chi connectivity index (χ1v) is 15.4. The first-order valence-electron chi connectivity index (χ1n) is 13.2. The number of amides is 1. The summed E-state index contributed by atoms with van der Waals surface area (Å²) in [5.74, 6) is -0.449. The van der Waals surface area contributed by atoms with E-state index in [2.05, 4.69) is 22.5 Å². The van der Waals surface area contributed by atoms with Gasteiger partial charge in [0.05, 0.1) is 13.2 Å². The van der Waals surface area contributed by atoms with E-state index in [1.165, 1.54) is 45.4 Å². The zero-order valence-electron chi connectivity index (χ0n) is 21.7. The Kier molecular flexibility index (Phi) is 9.28. The Morgan fingerprint density at radius 1 is 1.08 bits per heavy atom. The highest BCUT2D eigenvalue weighted by atomic mass is 32.2. The average Bonchev–Trinajstić information content (AvgIpc) is 3.67. The van der Waals surface area contributed by atoms with Gasteiger partial charge >= 0.3 is 0 Å². The van der Waals surface area contributed by atoms with Crippen molar-refractivity contribution in [2.24, 2.45) is 0 Å². The number of nitrogens with one attached hydrogen (secondary N) is 1. The van der Waals surface area contributed by atoms with Crippen molar-refractivity contribution in [3.8, 4) is 10.4 Å². The van der Waals surface area contributed by atoms with Gasteiger partial charge in [-0.2, -0.15) is 8.42 Å². The molecule has 1 N–H and O–H groups in total. The van der Waals surface area contributed by atoms with Gasteiger partial charge in [0.15, 0.2) is 6.29 Å². The predicted molar refractivity (Wildman–Crippen MR) is 150 cm³/mol. The molecule has 11 heteroatoms. The molecule has 0 aliphatic carbocycles. The summed E-state index contributed by atoms with van der Waals surface area (Å²) < 4.78 is 38.7. The lowest BCUT2D eigenvalue weighted by Gasteiger charge is -2.26. The van der Waals surface area contributed by atoms with Crippen molar-refractivity contribution in [1.82, 2.24) is 14.4 Å². The molecule has 0 radical (unpaired) electrons. The minimum Gasteiger partial charge on any atom is -0.379 e.